The van der Waals surface area contributed by atoms with Crippen LogP contribution in [0.5, 0.6) is 5.75 Å². The maximum absolute atomic E-state index is 13.0. The van der Waals surface area contributed by atoms with Crippen LogP contribution >= 0.6 is 0 Å². The molecule has 0 aliphatic heterocycles. The highest BCUT2D eigenvalue weighted by molar-refractivity contribution is 5.70. The van der Waals surface area contributed by atoms with Gasteiger partial charge in [-0.15, -0.1) is 0 Å². The molecule has 0 N–H and O–H groups in total. The third-order valence-corrected chi connectivity index (χ3v) is 3.01. The van der Waals surface area contributed by atoms with E-state index in [2.05, 4.69) is 0 Å². The van der Waals surface area contributed by atoms with Gasteiger partial charge in [0.1, 0.15) is 5.75 Å². The van der Waals surface area contributed by atoms with Crippen LogP contribution in [0, 0.1) is 0 Å². The lowest BCUT2D eigenvalue weighted by atomic mass is 9.97. The first-order valence-electron chi connectivity index (χ1n) is 6.06. The number of benzene rings is 2. The van der Waals surface area contributed by atoms with Gasteiger partial charge in [0.2, 0.25) is 0 Å². The molecule has 0 aliphatic rings. The van der Waals surface area contributed by atoms with Crippen molar-refractivity contribution >= 4 is 0 Å². The molecular formula is C15H10F6O. The molecule has 0 fully saturated rings. The Kier molecular flexibility index (Phi) is 4.08. The van der Waals surface area contributed by atoms with Gasteiger partial charge in [0, 0.05) is 0 Å². The second kappa shape index (κ2) is 5.55. The van der Waals surface area contributed by atoms with Gasteiger partial charge in [-0.25, -0.2) is 0 Å². The number of hydrogen-bond donors (Lipinski definition) is 0. The van der Waals surface area contributed by atoms with Gasteiger partial charge < -0.3 is 4.74 Å². The summed E-state index contributed by atoms with van der Waals surface area (Å²) in [5.41, 5.74) is -2.62. The summed E-state index contributed by atoms with van der Waals surface area (Å²) in [6, 6.07) is 7.00. The lowest BCUT2D eigenvalue weighted by molar-refractivity contribution is -0.137. The average molecular weight is 320 g/mol. The molecule has 7 heteroatoms. The van der Waals surface area contributed by atoms with Crippen LogP contribution in [-0.2, 0) is 12.4 Å². The minimum atomic E-state index is -4.68. The van der Waals surface area contributed by atoms with Crippen molar-refractivity contribution in [3.8, 4) is 16.9 Å². The van der Waals surface area contributed by atoms with E-state index in [1.807, 2.05) is 0 Å². The van der Waals surface area contributed by atoms with Crippen LogP contribution in [0.25, 0.3) is 11.1 Å². The Hall–Kier alpha value is -2.18. The topological polar surface area (TPSA) is 9.23 Å². The van der Waals surface area contributed by atoms with E-state index in [4.69, 9.17) is 4.74 Å². The van der Waals surface area contributed by atoms with Gasteiger partial charge >= 0.3 is 12.4 Å². The molecule has 0 saturated heterocycles. The van der Waals surface area contributed by atoms with Crippen molar-refractivity contribution < 1.29 is 31.1 Å². The number of halogens is 6. The van der Waals surface area contributed by atoms with E-state index >= 15 is 0 Å². The Morgan fingerprint density at radius 1 is 0.818 bits per heavy atom. The maximum atomic E-state index is 13.0. The highest BCUT2D eigenvalue weighted by atomic mass is 19.4. The summed E-state index contributed by atoms with van der Waals surface area (Å²) in [6.45, 7) is 0. The van der Waals surface area contributed by atoms with Crippen LogP contribution in [0.15, 0.2) is 42.5 Å². The van der Waals surface area contributed by atoms with E-state index in [1.165, 1.54) is 12.1 Å². The summed E-state index contributed by atoms with van der Waals surface area (Å²) in [6.07, 6.45) is -9.35. The number of ether oxygens (including phenoxy) is 1. The SMILES string of the molecule is COc1cc(-c2ccccc2C(F)(F)F)cc(C(F)(F)F)c1. The van der Waals surface area contributed by atoms with E-state index in [-0.39, 0.29) is 16.9 Å². The zero-order valence-corrected chi connectivity index (χ0v) is 11.2. The van der Waals surface area contributed by atoms with Crippen LogP contribution in [0.4, 0.5) is 26.3 Å². The molecule has 0 heterocycles. The molecule has 0 unspecified atom stereocenters. The van der Waals surface area contributed by atoms with E-state index in [0.29, 0.717) is 6.07 Å². The van der Waals surface area contributed by atoms with E-state index in [1.54, 1.807) is 0 Å². The van der Waals surface area contributed by atoms with Crippen molar-refractivity contribution in [2.75, 3.05) is 7.11 Å². The number of alkyl halides is 6. The van der Waals surface area contributed by atoms with Crippen LogP contribution in [0.2, 0.25) is 0 Å². The van der Waals surface area contributed by atoms with Crippen molar-refractivity contribution in [1.29, 1.82) is 0 Å². The van der Waals surface area contributed by atoms with E-state index in [0.717, 1.165) is 31.4 Å². The summed E-state index contributed by atoms with van der Waals surface area (Å²) in [7, 11) is 1.15. The van der Waals surface area contributed by atoms with Gasteiger partial charge in [-0.3, -0.25) is 0 Å². The van der Waals surface area contributed by atoms with Gasteiger partial charge in [-0.05, 0) is 35.4 Å². The molecule has 2 rings (SSSR count). The normalized spacial score (nSPS) is 12.3. The Morgan fingerprint density at radius 3 is 2.00 bits per heavy atom. The predicted octanol–water partition coefficient (Wildman–Crippen LogP) is 5.40. The largest absolute Gasteiger partial charge is 0.497 e. The van der Waals surface area contributed by atoms with Gasteiger partial charge in [-0.1, -0.05) is 18.2 Å². The van der Waals surface area contributed by atoms with Crippen molar-refractivity contribution in [3.63, 3.8) is 0 Å². The van der Waals surface area contributed by atoms with Crippen LogP contribution in [-0.4, -0.2) is 7.11 Å². The fourth-order valence-corrected chi connectivity index (χ4v) is 2.02. The summed E-state index contributed by atoms with van der Waals surface area (Å²) in [5.74, 6) is -0.165. The third-order valence-electron chi connectivity index (χ3n) is 3.01. The minimum Gasteiger partial charge on any atom is -0.497 e. The monoisotopic (exact) mass is 320 g/mol. The van der Waals surface area contributed by atoms with Crippen molar-refractivity contribution in [3.05, 3.63) is 53.6 Å². The highest BCUT2D eigenvalue weighted by Crippen LogP contribution is 2.40. The Bertz CT molecular complexity index is 672. The molecule has 2 aromatic rings. The Morgan fingerprint density at radius 2 is 1.45 bits per heavy atom. The van der Waals surface area contributed by atoms with Crippen LogP contribution in [0.1, 0.15) is 11.1 Å². The molecule has 0 saturated carbocycles. The predicted molar refractivity (Wildman–Crippen MR) is 68.4 cm³/mol. The molecule has 1 nitrogen and oxygen atoms in total. The van der Waals surface area contributed by atoms with Crippen molar-refractivity contribution in [2.45, 2.75) is 12.4 Å². The van der Waals surface area contributed by atoms with Gasteiger partial charge in [0.15, 0.2) is 0 Å². The zero-order valence-electron chi connectivity index (χ0n) is 11.2. The molecule has 0 spiro atoms. The van der Waals surface area contributed by atoms with E-state index < -0.39 is 23.5 Å². The second-order valence-electron chi connectivity index (χ2n) is 4.49. The number of rotatable bonds is 2. The average Bonchev–Trinajstić information content (AvgIpc) is 2.45. The quantitative estimate of drug-likeness (QED) is 0.673. The second-order valence-corrected chi connectivity index (χ2v) is 4.49. The zero-order chi connectivity index (χ0) is 16.5. The molecule has 0 aromatic heterocycles. The fraction of sp³-hybridized carbons (Fsp3) is 0.200. The fourth-order valence-electron chi connectivity index (χ4n) is 2.02. The van der Waals surface area contributed by atoms with Crippen molar-refractivity contribution in [1.82, 2.24) is 0 Å². The molecule has 0 atom stereocenters. The summed E-state index contributed by atoms with van der Waals surface area (Å²) < 4.78 is 82.3. The van der Waals surface area contributed by atoms with Crippen LogP contribution < -0.4 is 4.74 Å². The Labute approximate surface area is 122 Å². The molecule has 2 aromatic carbocycles. The molecule has 0 aliphatic carbocycles. The molecule has 22 heavy (non-hydrogen) atoms. The lowest BCUT2D eigenvalue weighted by Crippen LogP contribution is -2.08. The smallest absolute Gasteiger partial charge is 0.417 e. The third kappa shape index (κ3) is 3.35. The van der Waals surface area contributed by atoms with Gasteiger partial charge in [0.25, 0.3) is 0 Å². The minimum absolute atomic E-state index is 0.165. The first-order valence-corrected chi connectivity index (χ1v) is 6.06. The molecule has 118 valence electrons. The first kappa shape index (κ1) is 16.2. The molecule has 0 bridgehead atoms. The summed E-state index contributed by atoms with van der Waals surface area (Å²) >= 11 is 0. The number of hydrogen-bond acceptors (Lipinski definition) is 1. The number of methoxy groups -OCH3 is 1. The standard InChI is InChI=1S/C15H10F6O/c1-22-11-7-9(6-10(8-11)14(16,17)18)12-4-2-3-5-13(12)15(19,20)21/h2-8H,1H3. The van der Waals surface area contributed by atoms with Gasteiger partial charge in [0.05, 0.1) is 18.2 Å². The Balaban J connectivity index is 2.68. The van der Waals surface area contributed by atoms with Crippen LogP contribution in [0.3, 0.4) is 0 Å². The first-order chi connectivity index (χ1) is 10.1. The van der Waals surface area contributed by atoms with Gasteiger partial charge in [-0.2, -0.15) is 26.3 Å². The highest BCUT2D eigenvalue weighted by Gasteiger charge is 2.35. The lowest BCUT2D eigenvalue weighted by Gasteiger charge is -2.15. The van der Waals surface area contributed by atoms with E-state index in [9.17, 15) is 26.3 Å². The molecule has 0 amide bonds. The maximum Gasteiger partial charge on any atom is 0.417 e. The molecular weight excluding hydrogens is 310 g/mol. The molecule has 0 radical (unpaired) electrons. The van der Waals surface area contributed by atoms with Crippen molar-refractivity contribution in [2.24, 2.45) is 0 Å². The summed E-state index contributed by atoms with van der Waals surface area (Å²) in [5, 5.41) is 0. The summed E-state index contributed by atoms with van der Waals surface area (Å²) in [4.78, 5) is 0.